The third-order valence-corrected chi connectivity index (χ3v) is 7.37. The largest absolute Gasteiger partial charge is 0.463 e. The van der Waals surface area contributed by atoms with Gasteiger partial charge in [-0.3, -0.25) is 29.0 Å². The van der Waals surface area contributed by atoms with E-state index in [4.69, 9.17) is 9.47 Å². The molecule has 1 aliphatic carbocycles. The number of benzene rings is 1. The number of aliphatic hydroxyl groups is 2. The zero-order valence-corrected chi connectivity index (χ0v) is 22.0. The third-order valence-electron chi connectivity index (χ3n) is 7.37. The Morgan fingerprint density at radius 2 is 1.42 bits per heavy atom. The van der Waals surface area contributed by atoms with E-state index >= 15 is 0 Å². The average molecular weight is 533 g/mol. The minimum absolute atomic E-state index is 0.0499. The number of likely N-dealkylation sites (N-methyl/N-ethyl adjacent to an activating group) is 1. The van der Waals surface area contributed by atoms with Crippen LogP contribution in [0.15, 0.2) is 30.3 Å². The van der Waals surface area contributed by atoms with Gasteiger partial charge in [-0.2, -0.15) is 0 Å². The quantitative estimate of drug-likeness (QED) is 0.336. The first-order valence-corrected chi connectivity index (χ1v) is 12.9. The van der Waals surface area contributed by atoms with Gasteiger partial charge in [0, 0.05) is 7.05 Å². The van der Waals surface area contributed by atoms with Crippen molar-refractivity contribution in [3.8, 4) is 0 Å². The van der Waals surface area contributed by atoms with E-state index < -0.39 is 60.5 Å². The molecule has 2 aliphatic rings. The summed E-state index contributed by atoms with van der Waals surface area (Å²) in [4.78, 5) is 65.3. The number of rotatable bonds is 10. The van der Waals surface area contributed by atoms with E-state index in [0.29, 0.717) is 37.7 Å². The van der Waals surface area contributed by atoms with E-state index in [1.807, 2.05) is 0 Å². The summed E-state index contributed by atoms with van der Waals surface area (Å²) < 4.78 is 10.4. The lowest BCUT2D eigenvalue weighted by Gasteiger charge is -2.41. The highest BCUT2D eigenvalue weighted by atomic mass is 16.5. The number of hydrogen-bond acceptors (Lipinski definition) is 9. The molecule has 0 spiro atoms. The van der Waals surface area contributed by atoms with Gasteiger partial charge in [-0.25, -0.2) is 4.79 Å². The van der Waals surface area contributed by atoms with Crippen LogP contribution < -0.4 is 0 Å². The normalized spacial score (nSPS) is 25.7. The molecule has 11 nitrogen and oxygen atoms in total. The van der Waals surface area contributed by atoms with Crippen LogP contribution in [0.25, 0.3) is 0 Å². The fraction of sp³-hybridized carbons (Fsp3) is 0.593. The van der Waals surface area contributed by atoms with E-state index in [0.717, 1.165) is 9.80 Å². The van der Waals surface area contributed by atoms with E-state index in [9.17, 15) is 34.2 Å². The van der Waals surface area contributed by atoms with Gasteiger partial charge in [0.2, 0.25) is 5.91 Å². The number of nitrogens with zero attached hydrogens (tertiary/aromatic N) is 2. The van der Waals surface area contributed by atoms with E-state index in [1.165, 1.54) is 14.0 Å². The summed E-state index contributed by atoms with van der Waals surface area (Å²) in [5.41, 5.74) is -1.23. The van der Waals surface area contributed by atoms with Crippen LogP contribution in [0, 0.1) is 11.8 Å². The van der Waals surface area contributed by atoms with Gasteiger partial charge in [0.15, 0.2) is 5.41 Å². The van der Waals surface area contributed by atoms with Crippen molar-refractivity contribution in [2.45, 2.75) is 63.6 Å². The lowest BCUT2D eigenvalue weighted by molar-refractivity contribution is -0.158. The Hall–Kier alpha value is -3.31. The topological polar surface area (TPSA) is 151 Å². The molecule has 1 saturated heterocycles. The summed E-state index contributed by atoms with van der Waals surface area (Å²) in [5.74, 6) is -3.15. The van der Waals surface area contributed by atoms with Crippen molar-refractivity contribution >= 4 is 29.8 Å². The van der Waals surface area contributed by atoms with Gasteiger partial charge in [-0.15, -0.1) is 0 Å². The number of urea groups is 1. The van der Waals surface area contributed by atoms with Crippen molar-refractivity contribution in [3.05, 3.63) is 35.9 Å². The number of esters is 2. The zero-order chi connectivity index (χ0) is 28.0. The maximum absolute atomic E-state index is 13.3. The van der Waals surface area contributed by atoms with E-state index in [1.54, 1.807) is 37.3 Å². The molecule has 38 heavy (non-hydrogen) atoms. The molecule has 1 aromatic carbocycles. The monoisotopic (exact) mass is 532 g/mol. The smallest absolute Gasteiger partial charge is 0.333 e. The van der Waals surface area contributed by atoms with Crippen molar-refractivity contribution in [1.82, 2.24) is 9.80 Å². The molecule has 3 atom stereocenters. The summed E-state index contributed by atoms with van der Waals surface area (Å²) >= 11 is 0. The number of β-amino-alcohol motifs (C(OH)–C–C–N with tert-alkyl or cyclic N) is 1. The van der Waals surface area contributed by atoms with Gasteiger partial charge in [0.25, 0.3) is 5.91 Å². The van der Waals surface area contributed by atoms with Gasteiger partial charge in [0.1, 0.15) is 19.3 Å². The first-order chi connectivity index (χ1) is 18.0. The first kappa shape index (κ1) is 29.2. The Morgan fingerprint density at radius 3 is 1.92 bits per heavy atom. The van der Waals surface area contributed by atoms with Crippen LogP contribution in [-0.2, 0) is 34.1 Å². The lowest BCUT2D eigenvalue weighted by Crippen LogP contribution is -2.66. The molecule has 2 N–H and O–H groups in total. The minimum Gasteiger partial charge on any atom is -0.463 e. The first-order valence-electron chi connectivity index (χ1n) is 12.9. The Bertz CT molecular complexity index is 1040. The maximum Gasteiger partial charge on any atom is 0.333 e. The van der Waals surface area contributed by atoms with Crippen LogP contribution in [-0.4, -0.2) is 88.8 Å². The fourth-order valence-electron chi connectivity index (χ4n) is 4.77. The Kier molecular flexibility index (Phi) is 9.61. The molecular weight excluding hydrogens is 496 g/mol. The second-order valence-corrected chi connectivity index (χ2v) is 10.1. The Labute approximate surface area is 221 Å². The molecule has 2 fully saturated rings. The number of carbonyl (C=O) groups excluding carboxylic acids is 5. The zero-order valence-electron chi connectivity index (χ0n) is 22.0. The Morgan fingerprint density at radius 1 is 0.921 bits per heavy atom. The number of ether oxygens (including phenoxy) is 2. The van der Waals surface area contributed by atoms with Crippen molar-refractivity contribution < 1.29 is 43.7 Å². The van der Waals surface area contributed by atoms with Crippen molar-refractivity contribution in [2.75, 3.05) is 26.8 Å². The van der Waals surface area contributed by atoms with Crippen LogP contribution in [0.4, 0.5) is 4.79 Å². The van der Waals surface area contributed by atoms with Gasteiger partial charge in [0.05, 0.1) is 24.5 Å². The minimum atomic E-state index is -1.64. The van der Waals surface area contributed by atoms with Crippen LogP contribution >= 0.6 is 0 Å². The van der Waals surface area contributed by atoms with Gasteiger partial charge in [-0.05, 0) is 44.6 Å². The van der Waals surface area contributed by atoms with Crippen molar-refractivity contribution in [3.63, 3.8) is 0 Å². The predicted molar refractivity (Wildman–Crippen MR) is 133 cm³/mol. The molecule has 0 radical (unpaired) electrons. The van der Waals surface area contributed by atoms with Crippen LogP contribution in [0.5, 0.6) is 0 Å². The molecule has 4 amide bonds. The second kappa shape index (κ2) is 12.5. The highest BCUT2D eigenvalue weighted by Gasteiger charge is 2.54. The number of imide groups is 2. The highest BCUT2D eigenvalue weighted by Crippen LogP contribution is 2.33. The summed E-state index contributed by atoms with van der Waals surface area (Å²) in [6.45, 7) is 2.29. The second-order valence-electron chi connectivity index (χ2n) is 10.1. The molecule has 1 aliphatic heterocycles. The lowest BCUT2D eigenvalue weighted by atomic mass is 9.78. The predicted octanol–water partition coefficient (Wildman–Crippen LogP) is 1.39. The molecule has 3 unspecified atom stereocenters. The fourth-order valence-corrected chi connectivity index (χ4v) is 4.77. The summed E-state index contributed by atoms with van der Waals surface area (Å²) in [5, 5.41) is 20.1. The maximum atomic E-state index is 13.3. The number of aliphatic hydroxyl groups excluding tert-OH is 2. The van der Waals surface area contributed by atoms with E-state index in [2.05, 4.69) is 0 Å². The molecular formula is C27H36N2O9. The van der Waals surface area contributed by atoms with Crippen LogP contribution in [0.3, 0.4) is 0 Å². The summed E-state index contributed by atoms with van der Waals surface area (Å²) in [7, 11) is 1.27. The van der Waals surface area contributed by atoms with Crippen LogP contribution in [0.2, 0.25) is 0 Å². The highest BCUT2D eigenvalue weighted by molar-refractivity contribution is 6.22. The molecule has 0 bridgehead atoms. The van der Waals surface area contributed by atoms with E-state index in [-0.39, 0.29) is 18.5 Å². The summed E-state index contributed by atoms with van der Waals surface area (Å²) in [6.07, 6.45) is 0.147. The summed E-state index contributed by atoms with van der Waals surface area (Å²) in [6, 6.07) is 7.49. The van der Waals surface area contributed by atoms with Gasteiger partial charge >= 0.3 is 18.0 Å². The third kappa shape index (κ3) is 6.21. The van der Waals surface area contributed by atoms with Crippen LogP contribution in [0.1, 0.15) is 51.5 Å². The number of amides is 4. The molecule has 1 aromatic rings. The van der Waals surface area contributed by atoms with Crippen molar-refractivity contribution in [2.24, 2.45) is 11.8 Å². The molecule has 11 heteroatoms. The van der Waals surface area contributed by atoms with Crippen molar-refractivity contribution in [1.29, 1.82) is 0 Å². The number of carbonyl (C=O) groups is 5. The average Bonchev–Trinajstić information content (AvgIpc) is 2.95. The molecule has 3 rings (SSSR count). The standard InChI is InChI=1S/C27H36N2O9/c1-4-20(30)15-37-22(32)17-10-12-18(13-11-17)23(33)38-16-21(31)14-29-25(35)27(2,19-8-6-5-7-9-19)24(34)28(3)26(29)36/h5-9,17-18,20-21,30-31H,4,10-16H2,1-3H3. The SMILES string of the molecule is CCC(O)COC(=O)C1CCC(C(=O)OCC(O)CN2C(=O)N(C)C(=O)C(C)(c3ccccc3)C2=O)CC1. The Balaban J connectivity index is 1.52. The number of barbiturate groups is 1. The molecule has 0 aromatic heterocycles. The molecule has 1 saturated carbocycles. The molecule has 208 valence electrons. The van der Waals surface area contributed by atoms with Gasteiger partial charge < -0.3 is 19.7 Å². The number of hydrogen-bond donors (Lipinski definition) is 2. The molecule has 1 heterocycles. The van der Waals surface area contributed by atoms with Gasteiger partial charge in [-0.1, -0.05) is 37.3 Å².